The average molecular weight is 338 g/mol. The highest BCUT2D eigenvalue weighted by Crippen LogP contribution is 2.20. The quantitative estimate of drug-likeness (QED) is 0.858. The van der Waals surface area contributed by atoms with Crippen molar-refractivity contribution >= 4 is 21.8 Å². The maximum atomic E-state index is 12.2. The number of hydrogen-bond acceptors (Lipinski definition) is 5. The maximum absolute atomic E-state index is 12.2. The van der Waals surface area contributed by atoms with Gasteiger partial charge < -0.3 is 14.1 Å². The first kappa shape index (κ1) is 13.1. The molecule has 1 amide bonds. The van der Waals surface area contributed by atoms with Gasteiger partial charge in [0, 0.05) is 25.2 Å². The summed E-state index contributed by atoms with van der Waals surface area (Å²) in [4.78, 5) is 13.9. The number of aromatic nitrogens is 2. The van der Waals surface area contributed by atoms with Gasteiger partial charge in [-0.1, -0.05) is 0 Å². The van der Waals surface area contributed by atoms with Gasteiger partial charge in [0.15, 0.2) is 10.4 Å². The lowest BCUT2D eigenvalue weighted by atomic mass is 10.3. The highest BCUT2D eigenvalue weighted by molar-refractivity contribution is 9.10. The Bertz CT molecular complexity index is 602. The Morgan fingerprint density at radius 3 is 3.05 bits per heavy atom. The van der Waals surface area contributed by atoms with Gasteiger partial charge in [-0.25, -0.2) is 0 Å². The lowest BCUT2D eigenvalue weighted by Crippen LogP contribution is -2.30. The molecule has 104 valence electrons. The highest BCUT2D eigenvalue weighted by Gasteiger charge is 2.29. The summed E-state index contributed by atoms with van der Waals surface area (Å²) in [5.41, 5.74) is 0. The van der Waals surface area contributed by atoms with Gasteiger partial charge in [-0.3, -0.25) is 4.79 Å². The molecule has 2 aromatic heterocycles. The van der Waals surface area contributed by atoms with Crippen molar-refractivity contribution in [2.24, 2.45) is 0 Å². The van der Waals surface area contributed by atoms with E-state index in [2.05, 4.69) is 26.1 Å². The first-order valence-electron chi connectivity index (χ1n) is 6.21. The zero-order valence-corrected chi connectivity index (χ0v) is 12.1. The minimum atomic E-state index is -0.124. The normalized spacial score (nSPS) is 18.2. The number of ether oxygens (including phenoxy) is 1. The number of hydrogen-bond donors (Lipinski definition) is 0. The Hall–Kier alpha value is -1.89. The van der Waals surface area contributed by atoms with Crippen molar-refractivity contribution < 1.29 is 13.9 Å². The van der Waals surface area contributed by atoms with E-state index in [9.17, 15) is 4.79 Å². The van der Waals surface area contributed by atoms with Gasteiger partial charge >= 0.3 is 0 Å². The van der Waals surface area contributed by atoms with Crippen molar-refractivity contribution in [3.63, 3.8) is 0 Å². The molecule has 0 aromatic carbocycles. The molecule has 2 aromatic rings. The Morgan fingerprint density at radius 2 is 2.35 bits per heavy atom. The predicted octanol–water partition coefficient (Wildman–Crippen LogP) is 2.13. The van der Waals surface area contributed by atoms with Crippen LogP contribution in [0.1, 0.15) is 17.0 Å². The third kappa shape index (κ3) is 2.82. The van der Waals surface area contributed by atoms with Gasteiger partial charge in [-0.15, -0.1) is 5.10 Å². The Labute approximate surface area is 123 Å². The third-order valence-electron chi connectivity index (χ3n) is 3.05. The molecule has 1 atom stereocenters. The van der Waals surface area contributed by atoms with E-state index in [0.29, 0.717) is 29.4 Å². The molecule has 0 spiro atoms. The summed E-state index contributed by atoms with van der Waals surface area (Å²) in [5, 5.41) is 7.63. The van der Waals surface area contributed by atoms with Crippen LogP contribution < -0.4 is 4.74 Å². The zero-order valence-electron chi connectivity index (χ0n) is 10.5. The van der Waals surface area contributed by atoms with Crippen LogP contribution in [-0.4, -0.2) is 40.2 Å². The molecule has 20 heavy (non-hydrogen) atoms. The molecule has 3 heterocycles. The van der Waals surface area contributed by atoms with E-state index in [4.69, 9.17) is 9.15 Å². The SMILES string of the molecule is O=C(c1ccc(Br)o1)N1CC[C@@H](Oc2cccnn2)C1. The first-order chi connectivity index (χ1) is 9.72. The van der Waals surface area contributed by atoms with Crippen LogP contribution in [-0.2, 0) is 0 Å². The van der Waals surface area contributed by atoms with Crippen molar-refractivity contribution in [3.05, 3.63) is 40.9 Å². The lowest BCUT2D eigenvalue weighted by molar-refractivity contribution is 0.0738. The second-order valence-corrected chi connectivity index (χ2v) is 5.23. The molecule has 1 aliphatic rings. The van der Waals surface area contributed by atoms with Crippen LogP contribution in [0.3, 0.4) is 0 Å². The van der Waals surface area contributed by atoms with Crippen LogP contribution in [0, 0.1) is 0 Å². The van der Waals surface area contributed by atoms with Crippen molar-refractivity contribution in [3.8, 4) is 5.88 Å². The van der Waals surface area contributed by atoms with Crippen molar-refractivity contribution in [2.45, 2.75) is 12.5 Å². The van der Waals surface area contributed by atoms with E-state index >= 15 is 0 Å². The fourth-order valence-electron chi connectivity index (χ4n) is 2.11. The number of carbonyl (C=O) groups excluding carboxylic acids is 1. The summed E-state index contributed by atoms with van der Waals surface area (Å²) in [7, 11) is 0. The van der Waals surface area contributed by atoms with E-state index in [1.54, 1.807) is 35.4 Å². The number of halogens is 1. The second-order valence-electron chi connectivity index (χ2n) is 4.45. The molecule has 0 radical (unpaired) electrons. The molecule has 0 aliphatic carbocycles. The maximum Gasteiger partial charge on any atom is 0.289 e. The summed E-state index contributed by atoms with van der Waals surface area (Å²) in [5.74, 6) is 0.686. The van der Waals surface area contributed by atoms with Gasteiger partial charge in [-0.2, -0.15) is 5.10 Å². The molecule has 1 saturated heterocycles. The summed E-state index contributed by atoms with van der Waals surface area (Å²) >= 11 is 3.19. The minimum absolute atomic E-state index is 0.0611. The molecular weight excluding hydrogens is 326 g/mol. The van der Waals surface area contributed by atoms with Crippen molar-refractivity contribution in [2.75, 3.05) is 13.1 Å². The molecule has 7 heteroatoms. The molecule has 6 nitrogen and oxygen atoms in total. The number of rotatable bonds is 3. The molecule has 1 aliphatic heterocycles. The molecule has 1 fully saturated rings. The Kier molecular flexibility index (Phi) is 3.68. The Morgan fingerprint density at radius 1 is 1.45 bits per heavy atom. The molecule has 0 bridgehead atoms. The van der Waals surface area contributed by atoms with E-state index in [-0.39, 0.29) is 12.0 Å². The summed E-state index contributed by atoms with van der Waals surface area (Å²) in [6.07, 6.45) is 2.30. The highest BCUT2D eigenvalue weighted by atomic mass is 79.9. The minimum Gasteiger partial charge on any atom is -0.471 e. The van der Waals surface area contributed by atoms with Crippen molar-refractivity contribution in [1.82, 2.24) is 15.1 Å². The van der Waals surface area contributed by atoms with Crippen LogP contribution in [0.25, 0.3) is 0 Å². The zero-order chi connectivity index (χ0) is 13.9. The number of nitrogens with zero attached hydrogens (tertiary/aromatic N) is 3. The molecule has 0 saturated carbocycles. The van der Waals surface area contributed by atoms with Gasteiger partial charge in [0.2, 0.25) is 5.88 Å². The molecule has 0 unspecified atom stereocenters. The average Bonchev–Trinajstić information content (AvgIpc) is 3.08. The fourth-order valence-corrected chi connectivity index (χ4v) is 2.42. The molecular formula is C13H12BrN3O3. The standard InChI is InChI=1S/C13H12BrN3O3/c14-11-4-3-10(20-11)13(18)17-7-5-9(8-17)19-12-2-1-6-15-16-12/h1-4,6,9H,5,7-8H2/t9-/m1/s1. The monoisotopic (exact) mass is 337 g/mol. The second kappa shape index (κ2) is 5.62. The molecule has 3 rings (SSSR count). The summed E-state index contributed by atoms with van der Waals surface area (Å²) in [6.45, 7) is 1.16. The van der Waals surface area contributed by atoms with Crippen LogP contribution in [0.5, 0.6) is 5.88 Å². The van der Waals surface area contributed by atoms with Gasteiger partial charge in [0.25, 0.3) is 5.91 Å². The molecule has 0 N–H and O–H groups in total. The van der Waals surface area contributed by atoms with Gasteiger partial charge in [0.05, 0.1) is 6.54 Å². The van der Waals surface area contributed by atoms with Crippen LogP contribution in [0.4, 0.5) is 0 Å². The summed E-state index contributed by atoms with van der Waals surface area (Å²) < 4.78 is 11.5. The number of furan rings is 1. The van der Waals surface area contributed by atoms with E-state index < -0.39 is 0 Å². The van der Waals surface area contributed by atoms with Gasteiger partial charge in [0.1, 0.15) is 6.10 Å². The van der Waals surface area contributed by atoms with E-state index in [0.717, 1.165) is 6.42 Å². The first-order valence-corrected chi connectivity index (χ1v) is 7.00. The number of carbonyl (C=O) groups is 1. The Balaban J connectivity index is 1.61. The van der Waals surface area contributed by atoms with E-state index in [1.165, 1.54) is 0 Å². The smallest absolute Gasteiger partial charge is 0.289 e. The van der Waals surface area contributed by atoms with Crippen LogP contribution in [0.15, 0.2) is 39.5 Å². The largest absolute Gasteiger partial charge is 0.471 e. The van der Waals surface area contributed by atoms with E-state index in [1.807, 2.05) is 0 Å². The predicted molar refractivity (Wildman–Crippen MR) is 73.4 cm³/mol. The van der Waals surface area contributed by atoms with Crippen LogP contribution in [0.2, 0.25) is 0 Å². The third-order valence-corrected chi connectivity index (χ3v) is 3.48. The van der Waals surface area contributed by atoms with Gasteiger partial charge in [-0.05, 0) is 34.1 Å². The van der Waals surface area contributed by atoms with Crippen molar-refractivity contribution in [1.29, 1.82) is 0 Å². The fraction of sp³-hybridized carbons (Fsp3) is 0.308. The lowest BCUT2D eigenvalue weighted by Gasteiger charge is -2.15. The topological polar surface area (TPSA) is 68.5 Å². The number of amides is 1. The van der Waals surface area contributed by atoms with Crippen LogP contribution >= 0.6 is 15.9 Å². The number of likely N-dealkylation sites (tertiary alicyclic amines) is 1. The summed E-state index contributed by atoms with van der Waals surface area (Å²) in [6, 6.07) is 6.88.